The summed E-state index contributed by atoms with van der Waals surface area (Å²) in [5.74, 6) is -0.645. The van der Waals surface area contributed by atoms with Crippen molar-refractivity contribution in [3.05, 3.63) is 111 Å². The van der Waals surface area contributed by atoms with Gasteiger partial charge in [0.2, 0.25) is 10.6 Å². The molecule has 0 saturated carbocycles. The van der Waals surface area contributed by atoms with Crippen LogP contribution in [0.3, 0.4) is 0 Å². The van der Waals surface area contributed by atoms with Gasteiger partial charge >= 0.3 is 0 Å². The highest BCUT2D eigenvalue weighted by Crippen LogP contribution is 2.19. The summed E-state index contributed by atoms with van der Waals surface area (Å²) in [5.41, 5.74) is 3.31. The van der Waals surface area contributed by atoms with Gasteiger partial charge in [0, 0.05) is 14.1 Å². The Labute approximate surface area is 254 Å². The number of fused-ring (bicyclic) bond motifs is 1. The van der Waals surface area contributed by atoms with Crippen molar-refractivity contribution in [2.75, 3.05) is 0 Å². The van der Waals surface area contributed by atoms with E-state index in [0.29, 0.717) is 16.2 Å². The smallest absolute Gasteiger partial charge is 0.297 e. The summed E-state index contributed by atoms with van der Waals surface area (Å²) in [4.78, 5) is 52.0. The molecular formula is C31H25ClN6O4S. The number of carbonyl (C=O) groups excluding carboxylic acids is 3. The molecule has 12 heteroatoms. The van der Waals surface area contributed by atoms with Gasteiger partial charge in [-0.05, 0) is 61.6 Å². The molecule has 0 unspecified atom stereocenters. The predicted octanol–water partition coefficient (Wildman–Crippen LogP) is 4.41. The van der Waals surface area contributed by atoms with E-state index in [1.807, 2.05) is 73.1 Å². The molecule has 2 aliphatic rings. The van der Waals surface area contributed by atoms with Gasteiger partial charge in [-0.1, -0.05) is 53.3 Å². The lowest BCUT2D eigenvalue weighted by atomic mass is 10.0. The van der Waals surface area contributed by atoms with Crippen LogP contribution in [0.1, 0.15) is 12.1 Å². The van der Waals surface area contributed by atoms with Crippen LogP contribution in [0.5, 0.6) is 0 Å². The third-order valence-electron chi connectivity index (χ3n) is 6.70. The lowest BCUT2D eigenvalue weighted by molar-refractivity contribution is -0.116. The van der Waals surface area contributed by atoms with E-state index >= 15 is 0 Å². The van der Waals surface area contributed by atoms with Gasteiger partial charge in [0.05, 0.1) is 38.8 Å². The highest BCUT2D eigenvalue weighted by Gasteiger charge is 2.18. The Hall–Kier alpha value is -5.00. The highest BCUT2D eigenvalue weighted by atomic mass is 35.5. The molecule has 4 aromatic rings. The quantitative estimate of drug-likeness (QED) is 0.251. The molecule has 0 atom stereocenters. The van der Waals surface area contributed by atoms with E-state index in [4.69, 9.17) is 11.6 Å². The molecule has 0 fully saturated rings. The van der Waals surface area contributed by atoms with Crippen LogP contribution < -0.4 is 10.4 Å². The van der Waals surface area contributed by atoms with Crippen LogP contribution in [0.25, 0.3) is 15.9 Å². The molecule has 0 aliphatic heterocycles. The fraction of sp³-hybridized carbons (Fsp3) is 0.129. The molecule has 0 spiro atoms. The van der Waals surface area contributed by atoms with Crippen molar-refractivity contribution in [1.82, 2.24) is 13.9 Å². The van der Waals surface area contributed by atoms with Gasteiger partial charge < -0.3 is 4.57 Å². The van der Waals surface area contributed by atoms with Crippen LogP contribution in [0.2, 0.25) is 0 Å². The van der Waals surface area contributed by atoms with E-state index in [1.54, 1.807) is 22.5 Å². The number of aliphatic imine (C=N–C) groups is 1. The average Bonchev–Trinajstić information content (AvgIpc) is 3.43. The van der Waals surface area contributed by atoms with Crippen LogP contribution >= 0.6 is 22.9 Å². The van der Waals surface area contributed by atoms with Gasteiger partial charge in [0.25, 0.3) is 5.56 Å². The zero-order chi connectivity index (χ0) is 30.7. The van der Waals surface area contributed by atoms with Crippen molar-refractivity contribution in [2.45, 2.75) is 13.3 Å². The maximum atomic E-state index is 12.7. The van der Waals surface area contributed by atoms with Gasteiger partial charge in [0.15, 0.2) is 17.3 Å². The van der Waals surface area contributed by atoms with E-state index < -0.39 is 0 Å². The molecule has 10 nitrogen and oxygen atoms in total. The topological polar surface area (TPSA) is 120 Å². The van der Waals surface area contributed by atoms with Gasteiger partial charge in [-0.15, -0.1) is 10.2 Å². The number of halogens is 1. The number of hydrogen-bond donors (Lipinski definition) is 0. The Morgan fingerprint density at radius 1 is 0.837 bits per heavy atom. The Morgan fingerprint density at radius 3 is 2.26 bits per heavy atom. The molecule has 2 aliphatic carbocycles. The standard InChI is InChI=1S/C17H14ClN3O2.C14H11N3O2S/c1-11-16(19-12-8-9-15(22)14(18)10-12)17(23)21(20(11)2)13-6-4-3-5-7-13;1-17-11-4-2-3-5-13(11)20-14(17)16-15-10-8-9(18)6-7-12(10)19/h3-10H,1-2H3;2-7H,8H2,1H3. The third kappa shape index (κ3) is 6.27. The number of allylic oxidation sites excluding steroid dienone is 6. The van der Waals surface area contributed by atoms with Crippen molar-refractivity contribution in [3.63, 3.8) is 0 Å². The first kappa shape index (κ1) is 29.5. The van der Waals surface area contributed by atoms with Gasteiger partial charge in [0.1, 0.15) is 5.71 Å². The van der Waals surface area contributed by atoms with E-state index in [0.717, 1.165) is 21.6 Å². The van der Waals surface area contributed by atoms with Crippen molar-refractivity contribution >= 4 is 67.6 Å². The van der Waals surface area contributed by atoms with Crippen LogP contribution in [0, 0.1) is 6.92 Å². The number of para-hydroxylation sites is 2. The molecule has 0 N–H and O–H groups in total. The zero-order valence-corrected chi connectivity index (χ0v) is 25.0. The number of carbonyl (C=O) groups is 3. The van der Waals surface area contributed by atoms with Gasteiger partial charge in [-0.2, -0.15) is 0 Å². The summed E-state index contributed by atoms with van der Waals surface area (Å²) in [6, 6.07) is 17.3. The first-order chi connectivity index (χ1) is 20.6. The average molecular weight is 613 g/mol. The summed E-state index contributed by atoms with van der Waals surface area (Å²) in [5, 5.41) is 8.15. The zero-order valence-electron chi connectivity index (χ0n) is 23.4. The van der Waals surface area contributed by atoms with Crippen molar-refractivity contribution in [1.29, 1.82) is 0 Å². The third-order valence-corrected chi connectivity index (χ3v) is 8.10. The molecule has 0 amide bonds. The summed E-state index contributed by atoms with van der Waals surface area (Å²) in [6.07, 6.45) is 6.89. The Morgan fingerprint density at radius 2 is 1.53 bits per heavy atom. The second-order valence-corrected chi connectivity index (χ2v) is 11.0. The number of rotatable bonds is 3. The minimum Gasteiger partial charge on any atom is -0.318 e. The number of benzene rings is 2. The van der Waals surface area contributed by atoms with E-state index in [2.05, 4.69) is 15.2 Å². The second-order valence-electron chi connectivity index (χ2n) is 9.54. The molecule has 2 aromatic carbocycles. The number of aromatic nitrogens is 3. The van der Waals surface area contributed by atoms with Crippen LogP contribution in [0.15, 0.2) is 110 Å². The molecule has 2 aromatic heterocycles. The molecule has 0 bridgehead atoms. The van der Waals surface area contributed by atoms with Crippen LogP contribution in [-0.2, 0) is 28.5 Å². The SMILES string of the molecule is Cc1c(N=C2C=CC(=O)C(Cl)=C2)c(=O)n(-c2ccccc2)n1C.Cn1c(=NN=C2CC(=O)C=CC2=O)sc2ccccc21. The Kier molecular flexibility index (Phi) is 8.56. The van der Waals surface area contributed by atoms with Crippen LogP contribution in [-0.4, -0.2) is 42.7 Å². The lowest BCUT2D eigenvalue weighted by Crippen LogP contribution is -2.20. The Bertz CT molecular complexity index is 2070. The fourth-order valence-electron chi connectivity index (χ4n) is 4.31. The van der Waals surface area contributed by atoms with Crippen molar-refractivity contribution < 1.29 is 14.4 Å². The van der Waals surface area contributed by atoms with Crippen LogP contribution in [0.4, 0.5) is 5.69 Å². The van der Waals surface area contributed by atoms with Crippen molar-refractivity contribution in [3.8, 4) is 5.69 Å². The highest BCUT2D eigenvalue weighted by molar-refractivity contribution is 7.16. The summed E-state index contributed by atoms with van der Waals surface area (Å²) in [6.45, 7) is 1.82. The first-order valence-corrected chi connectivity index (χ1v) is 14.3. The maximum Gasteiger partial charge on any atom is 0.297 e. The maximum absolute atomic E-state index is 12.7. The number of ketones is 3. The summed E-state index contributed by atoms with van der Waals surface area (Å²) in [7, 11) is 3.70. The summed E-state index contributed by atoms with van der Waals surface area (Å²) < 4.78 is 6.31. The second kappa shape index (κ2) is 12.5. The van der Waals surface area contributed by atoms with E-state index in [9.17, 15) is 19.2 Å². The normalized spacial score (nSPS) is 17.2. The number of thiazole rings is 1. The monoisotopic (exact) mass is 612 g/mol. The van der Waals surface area contributed by atoms with E-state index in [1.165, 1.54) is 35.6 Å². The van der Waals surface area contributed by atoms with Crippen molar-refractivity contribution in [2.24, 2.45) is 29.3 Å². The largest absolute Gasteiger partial charge is 0.318 e. The molecular weight excluding hydrogens is 588 g/mol. The molecule has 43 heavy (non-hydrogen) atoms. The van der Waals surface area contributed by atoms with Gasteiger partial charge in [-0.25, -0.2) is 9.67 Å². The molecule has 6 rings (SSSR count). The first-order valence-electron chi connectivity index (χ1n) is 13.1. The molecule has 0 saturated heterocycles. The van der Waals surface area contributed by atoms with Gasteiger partial charge in [-0.3, -0.25) is 23.9 Å². The fourth-order valence-corrected chi connectivity index (χ4v) is 5.46. The predicted molar refractivity (Wildman–Crippen MR) is 168 cm³/mol. The summed E-state index contributed by atoms with van der Waals surface area (Å²) >= 11 is 7.32. The number of aryl methyl sites for hydroxylation is 1. The number of hydrogen-bond acceptors (Lipinski definition) is 8. The molecule has 2 heterocycles. The number of nitrogens with zero attached hydrogens (tertiary/aromatic N) is 6. The lowest BCUT2D eigenvalue weighted by Gasteiger charge is -2.07. The van der Waals surface area contributed by atoms with E-state index in [-0.39, 0.29) is 40.1 Å². The minimum absolute atomic E-state index is 0.0213. The molecule has 0 radical (unpaired) electrons. The molecule has 216 valence electrons. The Balaban J connectivity index is 0.000000173. The minimum atomic E-state index is -0.267.